The van der Waals surface area contributed by atoms with Crippen molar-refractivity contribution in [2.75, 3.05) is 32.9 Å². The first-order chi connectivity index (χ1) is 10.4. The minimum atomic E-state index is -0.553. The molecule has 2 saturated heterocycles. The molecular formula is C15H27N3O4. The number of carbonyl (C=O) groups is 2. The second-order valence-corrected chi connectivity index (χ2v) is 6.51. The Labute approximate surface area is 131 Å². The third-order valence-electron chi connectivity index (χ3n) is 4.50. The summed E-state index contributed by atoms with van der Waals surface area (Å²) in [5, 5.41) is 3.03. The van der Waals surface area contributed by atoms with E-state index in [1.165, 1.54) is 0 Å². The van der Waals surface area contributed by atoms with Crippen LogP contribution in [0.25, 0.3) is 0 Å². The van der Waals surface area contributed by atoms with E-state index in [9.17, 15) is 9.59 Å². The molecule has 22 heavy (non-hydrogen) atoms. The zero-order valence-corrected chi connectivity index (χ0v) is 13.5. The molecule has 3 N–H and O–H groups in total. The van der Waals surface area contributed by atoms with Crippen LogP contribution in [0.4, 0.5) is 0 Å². The van der Waals surface area contributed by atoms with Gasteiger partial charge in [-0.3, -0.25) is 14.5 Å². The molecule has 2 heterocycles. The molecule has 2 amide bonds. The van der Waals surface area contributed by atoms with E-state index in [0.717, 1.165) is 25.9 Å². The highest BCUT2D eigenvalue weighted by Crippen LogP contribution is 2.22. The van der Waals surface area contributed by atoms with E-state index in [0.29, 0.717) is 19.6 Å². The largest absolute Gasteiger partial charge is 0.379 e. The minimum absolute atomic E-state index is 0.0300. The number of nitrogens with two attached hydrogens (primary N) is 1. The molecule has 2 aliphatic rings. The lowest BCUT2D eigenvalue weighted by atomic mass is 9.99. The van der Waals surface area contributed by atoms with Gasteiger partial charge in [0.25, 0.3) is 0 Å². The van der Waals surface area contributed by atoms with Crippen LogP contribution in [-0.2, 0) is 19.1 Å². The molecule has 126 valence electrons. The molecule has 0 aromatic rings. The number of amides is 2. The van der Waals surface area contributed by atoms with E-state index in [-0.39, 0.29) is 24.7 Å². The first kappa shape index (κ1) is 17.2. The van der Waals surface area contributed by atoms with Gasteiger partial charge in [0.15, 0.2) is 0 Å². The van der Waals surface area contributed by atoms with E-state index in [1.54, 1.807) is 0 Å². The Morgan fingerprint density at radius 3 is 2.68 bits per heavy atom. The molecule has 2 fully saturated rings. The molecule has 0 radical (unpaired) electrons. The Kier molecular flexibility index (Phi) is 5.77. The quantitative estimate of drug-likeness (QED) is 0.698. The molecule has 7 heteroatoms. The van der Waals surface area contributed by atoms with Crippen molar-refractivity contribution in [3.63, 3.8) is 0 Å². The molecular weight excluding hydrogens is 286 g/mol. The molecule has 0 aromatic heterocycles. The Hall–Kier alpha value is -1.18. The molecule has 2 aliphatic heterocycles. The van der Waals surface area contributed by atoms with E-state index >= 15 is 0 Å². The van der Waals surface area contributed by atoms with E-state index in [4.69, 9.17) is 15.2 Å². The van der Waals surface area contributed by atoms with Gasteiger partial charge in [0.2, 0.25) is 11.8 Å². The van der Waals surface area contributed by atoms with Crippen LogP contribution in [0, 0.1) is 0 Å². The number of rotatable bonds is 6. The first-order valence-electron chi connectivity index (χ1n) is 7.95. The Morgan fingerprint density at radius 2 is 2.05 bits per heavy atom. The highest BCUT2D eigenvalue weighted by molar-refractivity contribution is 5.85. The highest BCUT2D eigenvalue weighted by Gasteiger charge is 2.38. The van der Waals surface area contributed by atoms with Crippen LogP contribution in [0.2, 0.25) is 0 Å². The molecule has 0 unspecified atom stereocenters. The average Bonchev–Trinajstić information content (AvgIpc) is 3.01. The molecule has 0 spiro atoms. The highest BCUT2D eigenvalue weighted by atomic mass is 16.5. The van der Waals surface area contributed by atoms with Crippen LogP contribution in [0.15, 0.2) is 0 Å². The molecule has 0 saturated carbocycles. The van der Waals surface area contributed by atoms with Gasteiger partial charge in [-0.15, -0.1) is 0 Å². The third-order valence-corrected chi connectivity index (χ3v) is 4.50. The minimum Gasteiger partial charge on any atom is -0.379 e. The number of carbonyl (C=O) groups excluding carboxylic acids is 2. The summed E-state index contributed by atoms with van der Waals surface area (Å²) >= 11 is 0. The number of nitrogens with zero attached hydrogens (tertiary/aromatic N) is 1. The van der Waals surface area contributed by atoms with Crippen molar-refractivity contribution in [2.45, 2.75) is 50.8 Å². The number of hydrogen-bond donors (Lipinski definition) is 2. The van der Waals surface area contributed by atoms with Crippen molar-refractivity contribution in [2.24, 2.45) is 5.73 Å². The fourth-order valence-corrected chi connectivity index (χ4v) is 3.01. The van der Waals surface area contributed by atoms with Crippen molar-refractivity contribution in [3.8, 4) is 0 Å². The predicted octanol–water partition coefficient (Wildman–Crippen LogP) is -0.364. The zero-order chi connectivity index (χ0) is 16.2. The van der Waals surface area contributed by atoms with E-state index in [2.05, 4.69) is 10.2 Å². The predicted molar refractivity (Wildman–Crippen MR) is 81.2 cm³/mol. The second kappa shape index (κ2) is 7.39. The lowest BCUT2D eigenvalue weighted by Gasteiger charge is -2.38. The summed E-state index contributed by atoms with van der Waals surface area (Å²) in [4.78, 5) is 25.7. The monoisotopic (exact) mass is 313 g/mol. The van der Waals surface area contributed by atoms with Crippen molar-refractivity contribution < 1.29 is 19.1 Å². The van der Waals surface area contributed by atoms with Gasteiger partial charge in [0.1, 0.15) is 6.61 Å². The normalized spacial score (nSPS) is 26.8. The molecule has 0 aromatic carbocycles. The lowest BCUT2D eigenvalue weighted by molar-refractivity contribution is -0.137. The van der Waals surface area contributed by atoms with Crippen LogP contribution >= 0.6 is 0 Å². The third kappa shape index (κ3) is 4.18. The van der Waals surface area contributed by atoms with Crippen LogP contribution in [0.3, 0.4) is 0 Å². The van der Waals surface area contributed by atoms with Crippen molar-refractivity contribution >= 4 is 11.8 Å². The number of hydrogen-bond acceptors (Lipinski definition) is 5. The SMILES string of the molecule is CC(C)(C(=O)N[C@@H]1COCC[C@@H]1OCC(N)=O)N1CCCC1. The van der Waals surface area contributed by atoms with Gasteiger partial charge < -0.3 is 20.5 Å². The van der Waals surface area contributed by atoms with Gasteiger partial charge in [-0.1, -0.05) is 0 Å². The maximum absolute atomic E-state index is 12.6. The van der Waals surface area contributed by atoms with Gasteiger partial charge in [0.05, 0.1) is 24.3 Å². The van der Waals surface area contributed by atoms with E-state index < -0.39 is 11.4 Å². The number of primary amides is 1. The first-order valence-corrected chi connectivity index (χ1v) is 7.95. The molecule has 2 rings (SSSR count). The maximum atomic E-state index is 12.6. The number of nitrogens with one attached hydrogen (secondary N) is 1. The summed E-state index contributed by atoms with van der Waals surface area (Å²) in [6.07, 6.45) is 2.67. The molecule has 2 atom stereocenters. The van der Waals surface area contributed by atoms with Gasteiger partial charge in [0, 0.05) is 6.61 Å². The van der Waals surface area contributed by atoms with Gasteiger partial charge in [-0.25, -0.2) is 0 Å². The smallest absolute Gasteiger partial charge is 0.243 e. The summed E-state index contributed by atoms with van der Waals surface area (Å²) in [5.74, 6) is -0.536. The fraction of sp³-hybridized carbons (Fsp3) is 0.867. The molecule has 0 bridgehead atoms. The number of likely N-dealkylation sites (tertiary alicyclic amines) is 1. The maximum Gasteiger partial charge on any atom is 0.243 e. The van der Waals surface area contributed by atoms with Crippen molar-refractivity contribution in [1.29, 1.82) is 0 Å². The summed E-state index contributed by atoms with van der Waals surface area (Å²) in [5.41, 5.74) is 4.57. The summed E-state index contributed by atoms with van der Waals surface area (Å²) in [7, 11) is 0. The van der Waals surface area contributed by atoms with Gasteiger partial charge >= 0.3 is 0 Å². The number of ether oxygens (including phenoxy) is 2. The average molecular weight is 313 g/mol. The van der Waals surface area contributed by atoms with Crippen LogP contribution < -0.4 is 11.1 Å². The topological polar surface area (TPSA) is 93.9 Å². The Balaban J connectivity index is 1.93. The molecule has 0 aliphatic carbocycles. The van der Waals surface area contributed by atoms with Crippen LogP contribution in [-0.4, -0.2) is 67.3 Å². The van der Waals surface area contributed by atoms with Gasteiger partial charge in [-0.2, -0.15) is 0 Å². The van der Waals surface area contributed by atoms with Crippen molar-refractivity contribution in [3.05, 3.63) is 0 Å². The summed E-state index contributed by atoms with van der Waals surface area (Å²) in [6, 6.07) is -0.248. The zero-order valence-electron chi connectivity index (χ0n) is 13.5. The van der Waals surface area contributed by atoms with Crippen LogP contribution in [0.5, 0.6) is 0 Å². The van der Waals surface area contributed by atoms with Crippen molar-refractivity contribution in [1.82, 2.24) is 10.2 Å². The standard InChI is InChI=1S/C15H27N3O4/c1-15(2,18-6-3-4-7-18)14(20)17-11-9-21-8-5-12(11)22-10-13(16)19/h11-12H,3-10H2,1-2H3,(H2,16,19)(H,17,20)/t11-,12+/m1/s1. The Bertz CT molecular complexity index is 408. The van der Waals surface area contributed by atoms with E-state index in [1.807, 2.05) is 13.8 Å². The lowest BCUT2D eigenvalue weighted by Crippen LogP contribution is -2.60. The van der Waals surface area contributed by atoms with Crippen LogP contribution in [0.1, 0.15) is 33.1 Å². The Morgan fingerprint density at radius 1 is 1.36 bits per heavy atom. The van der Waals surface area contributed by atoms with Gasteiger partial charge in [-0.05, 0) is 46.2 Å². The summed E-state index contributed by atoms with van der Waals surface area (Å²) < 4.78 is 10.9. The molecule has 7 nitrogen and oxygen atoms in total. The summed E-state index contributed by atoms with van der Waals surface area (Å²) in [6.45, 7) is 6.60. The second-order valence-electron chi connectivity index (χ2n) is 6.51. The fourth-order valence-electron chi connectivity index (χ4n) is 3.01.